The van der Waals surface area contributed by atoms with Gasteiger partial charge in [0.1, 0.15) is 5.82 Å². The number of carbonyl (C=O) groups is 2. The van der Waals surface area contributed by atoms with Crippen molar-refractivity contribution in [3.8, 4) is 0 Å². The van der Waals surface area contributed by atoms with E-state index in [1.165, 1.54) is 12.1 Å². The predicted molar refractivity (Wildman–Crippen MR) is 85.2 cm³/mol. The van der Waals surface area contributed by atoms with Crippen LogP contribution in [-0.2, 0) is 16.0 Å². The molecule has 1 N–H and O–H groups in total. The Morgan fingerprint density at radius 1 is 1.22 bits per heavy atom. The molecule has 2 amide bonds. The standard InChI is InChI=1S/C18H23FN2O2/c19-15-8-6-13(7-9-15)11-14-3-1-4-16(14)20-17(22)12-21-10-2-5-18(21)23/h6-9,14,16H,1-5,10-12H2,(H,20,22)/t14-,16-/m0/s1. The van der Waals surface area contributed by atoms with Crippen LogP contribution in [0.2, 0.25) is 0 Å². The molecule has 0 spiro atoms. The van der Waals surface area contributed by atoms with E-state index in [-0.39, 0.29) is 30.2 Å². The molecule has 1 aromatic carbocycles. The van der Waals surface area contributed by atoms with Gasteiger partial charge in [0.05, 0.1) is 6.54 Å². The molecule has 2 atom stereocenters. The summed E-state index contributed by atoms with van der Waals surface area (Å²) in [6.07, 6.45) is 5.41. The van der Waals surface area contributed by atoms with Crippen molar-refractivity contribution in [2.75, 3.05) is 13.1 Å². The van der Waals surface area contributed by atoms with Gasteiger partial charge in [-0.3, -0.25) is 9.59 Å². The van der Waals surface area contributed by atoms with Crippen molar-refractivity contribution >= 4 is 11.8 Å². The minimum Gasteiger partial charge on any atom is -0.352 e. The molecule has 124 valence electrons. The quantitative estimate of drug-likeness (QED) is 0.905. The van der Waals surface area contributed by atoms with Gasteiger partial charge in [0.15, 0.2) is 0 Å². The Morgan fingerprint density at radius 3 is 2.70 bits per heavy atom. The number of hydrogen-bond donors (Lipinski definition) is 1. The lowest BCUT2D eigenvalue weighted by atomic mass is 9.94. The zero-order chi connectivity index (χ0) is 16.2. The molecule has 3 rings (SSSR count). The van der Waals surface area contributed by atoms with E-state index < -0.39 is 0 Å². The molecule has 1 saturated carbocycles. The molecule has 5 heteroatoms. The molecule has 1 aliphatic heterocycles. The Hall–Kier alpha value is -1.91. The first-order valence-corrected chi connectivity index (χ1v) is 8.43. The average molecular weight is 318 g/mol. The van der Waals surface area contributed by atoms with Crippen molar-refractivity contribution in [2.24, 2.45) is 5.92 Å². The summed E-state index contributed by atoms with van der Waals surface area (Å²) in [5.74, 6) is 0.185. The lowest BCUT2D eigenvalue weighted by molar-refractivity contribution is -0.133. The average Bonchev–Trinajstić information content (AvgIpc) is 3.12. The Labute approximate surface area is 136 Å². The van der Waals surface area contributed by atoms with Crippen LogP contribution in [0.15, 0.2) is 24.3 Å². The number of nitrogens with one attached hydrogen (secondary N) is 1. The molecule has 23 heavy (non-hydrogen) atoms. The maximum absolute atomic E-state index is 13.0. The zero-order valence-electron chi connectivity index (χ0n) is 13.3. The zero-order valence-corrected chi connectivity index (χ0v) is 13.3. The van der Waals surface area contributed by atoms with E-state index in [4.69, 9.17) is 0 Å². The first-order chi connectivity index (χ1) is 11.1. The van der Waals surface area contributed by atoms with Crippen LogP contribution < -0.4 is 5.32 Å². The number of benzene rings is 1. The van der Waals surface area contributed by atoms with E-state index in [0.29, 0.717) is 18.9 Å². The highest BCUT2D eigenvalue weighted by Gasteiger charge is 2.30. The van der Waals surface area contributed by atoms with Crippen molar-refractivity contribution in [3.05, 3.63) is 35.6 Å². The van der Waals surface area contributed by atoms with Gasteiger partial charge in [-0.25, -0.2) is 4.39 Å². The largest absolute Gasteiger partial charge is 0.352 e. The summed E-state index contributed by atoms with van der Waals surface area (Å²) in [5.41, 5.74) is 1.10. The number of likely N-dealkylation sites (tertiary alicyclic amines) is 1. The molecule has 0 bridgehead atoms. The molecule has 0 radical (unpaired) electrons. The Morgan fingerprint density at radius 2 is 2.00 bits per heavy atom. The molecule has 2 aliphatic rings. The van der Waals surface area contributed by atoms with Gasteiger partial charge in [0.2, 0.25) is 11.8 Å². The number of hydrogen-bond acceptors (Lipinski definition) is 2. The molecule has 1 aromatic rings. The summed E-state index contributed by atoms with van der Waals surface area (Å²) >= 11 is 0. The third-order valence-electron chi connectivity index (χ3n) is 4.92. The van der Waals surface area contributed by atoms with Crippen LogP contribution in [0.25, 0.3) is 0 Å². The predicted octanol–water partition coefficient (Wildman–Crippen LogP) is 2.28. The summed E-state index contributed by atoms with van der Waals surface area (Å²) in [7, 11) is 0. The van der Waals surface area contributed by atoms with Gasteiger partial charge in [-0.05, 0) is 49.3 Å². The van der Waals surface area contributed by atoms with E-state index in [0.717, 1.165) is 37.7 Å². The lowest BCUT2D eigenvalue weighted by Gasteiger charge is -2.23. The topological polar surface area (TPSA) is 49.4 Å². The number of nitrogens with zero attached hydrogens (tertiary/aromatic N) is 1. The van der Waals surface area contributed by atoms with E-state index in [2.05, 4.69) is 5.32 Å². The van der Waals surface area contributed by atoms with E-state index >= 15 is 0 Å². The second-order valence-electron chi connectivity index (χ2n) is 6.61. The van der Waals surface area contributed by atoms with Crippen LogP contribution in [0.5, 0.6) is 0 Å². The molecule has 1 saturated heterocycles. The molecule has 0 unspecified atom stereocenters. The van der Waals surface area contributed by atoms with E-state index in [1.54, 1.807) is 4.90 Å². The van der Waals surface area contributed by atoms with E-state index in [1.807, 2.05) is 12.1 Å². The first-order valence-electron chi connectivity index (χ1n) is 8.43. The number of rotatable bonds is 5. The minimum absolute atomic E-state index is 0.0590. The third-order valence-corrected chi connectivity index (χ3v) is 4.92. The van der Waals surface area contributed by atoms with Crippen LogP contribution in [0.3, 0.4) is 0 Å². The minimum atomic E-state index is -0.222. The van der Waals surface area contributed by atoms with Crippen LogP contribution in [0.4, 0.5) is 4.39 Å². The van der Waals surface area contributed by atoms with Crippen molar-refractivity contribution in [1.29, 1.82) is 0 Å². The van der Waals surface area contributed by atoms with Gasteiger partial charge in [-0.15, -0.1) is 0 Å². The SMILES string of the molecule is O=C(CN1CCCC1=O)N[C@H]1CCC[C@H]1Cc1ccc(F)cc1. The first kappa shape index (κ1) is 16.0. The van der Waals surface area contributed by atoms with Gasteiger partial charge in [-0.1, -0.05) is 18.6 Å². The maximum Gasteiger partial charge on any atom is 0.239 e. The summed E-state index contributed by atoms with van der Waals surface area (Å²) < 4.78 is 13.0. The molecule has 1 heterocycles. The van der Waals surface area contributed by atoms with Crippen LogP contribution in [0.1, 0.15) is 37.7 Å². The van der Waals surface area contributed by atoms with Crippen molar-refractivity contribution < 1.29 is 14.0 Å². The fourth-order valence-electron chi connectivity index (χ4n) is 3.69. The van der Waals surface area contributed by atoms with Gasteiger partial charge in [-0.2, -0.15) is 0 Å². The van der Waals surface area contributed by atoms with Crippen molar-refractivity contribution in [1.82, 2.24) is 10.2 Å². The summed E-state index contributed by atoms with van der Waals surface area (Å²) in [4.78, 5) is 25.4. The molecule has 1 aliphatic carbocycles. The maximum atomic E-state index is 13.0. The Bertz CT molecular complexity index is 573. The van der Waals surface area contributed by atoms with Gasteiger partial charge in [0, 0.05) is 19.0 Å². The number of halogens is 1. The highest BCUT2D eigenvalue weighted by Crippen LogP contribution is 2.29. The Balaban J connectivity index is 1.53. The summed E-state index contributed by atoms with van der Waals surface area (Å²) in [6.45, 7) is 0.870. The van der Waals surface area contributed by atoms with Crippen LogP contribution in [0, 0.1) is 11.7 Å². The monoisotopic (exact) mass is 318 g/mol. The smallest absolute Gasteiger partial charge is 0.239 e. The fourth-order valence-corrected chi connectivity index (χ4v) is 3.69. The third kappa shape index (κ3) is 4.09. The second kappa shape index (κ2) is 7.11. The molecule has 2 fully saturated rings. The fraction of sp³-hybridized carbons (Fsp3) is 0.556. The molecular weight excluding hydrogens is 295 g/mol. The second-order valence-corrected chi connectivity index (χ2v) is 6.61. The van der Waals surface area contributed by atoms with E-state index in [9.17, 15) is 14.0 Å². The molecule has 4 nitrogen and oxygen atoms in total. The molecular formula is C18H23FN2O2. The normalized spacial score (nSPS) is 24.2. The highest BCUT2D eigenvalue weighted by molar-refractivity contribution is 5.85. The highest BCUT2D eigenvalue weighted by atomic mass is 19.1. The van der Waals surface area contributed by atoms with Crippen LogP contribution in [-0.4, -0.2) is 35.8 Å². The van der Waals surface area contributed by atoms with Crippen molar-refractivity contribution in [2.45, 2.75) is 44.6 Å². The summed E-state index contributed by atoms with van der Waals surface area (Å²) in [6, 6.07) is 6.75. The number of amides is 2. The number of carbonyl (C=O) groups excluding carboxylic acids is 2. The van der Waals surface area contributed by atoms with Crippen LogP contribution >= 0.6 is 0 Å². The lowest BCUT2D eigenvalue weighted by Crippen LogP contribution is -2.44. The van der Waals surface area contributed by atoms with Gasteiger partial charge in [0.25, 0.3) is 0 Å². The van der Waals surface area contributed by atoms with Gasteiger partial charge >= 0.3 is 0 Å². The van der Waals surface area contributed by atoms with Gasteiger partial charge < -0.3 is 10.2 Å². The Kier molecular flexibility index (Phi) is 4.94. The summed E-state index contributed by atoms with van der Waals surface area (Å²) in [5, 5.41) is 3.10. The van der Waals surface area contributed by atoms with Crippen molar-refractivity contribution in [3.63, 3.8) is 0 Å². The molecule has 0 aromatic heterocycles.